The van der Waals surface area contributed by atoms with Crippen molar-refractivity contribution in [3.63, 3.8) is 0 Å². The van der Waals surface area contributed by atoms with E-state index in [0.717, 1.165) is 34.4 Å². The minimum absolute atomic E-state index is 0.000837. The Morgan fingerprint density at radius 1 is 1.12 bits per heavy atom. The van der Waals surface area contributed by atoms with E-state index in [1.54, 1.807) is 7.11 Å². The van der Waals surface area contributed by atoms with Crippen LogP contribution in [0.2, 0.25) is 0 Å². The van der Waals surface area contributed by atoms with E-state index >= 15 is 0 Å². The Hall–Kier alpha value is -2.38. The van der Waals surface area contributed by atoms with Gasteiger partial charge in [-0.05, 0) is 55.9 Å². The number of piperidine rings is 1. The van der Waals surface area contributed by atoms with Gasteiger partial charge in [0.2, 0.25) is 15.9 Å². The molecule has 1 N–H and O–H groups in total. The molecule has 1 atom stereocenters. The van der Waals surface area contributed by atoms with Crippen LogP contribution < -0.4 is 10.1 Å². The first-order valence-corrected chi connectivity index (χ1v) is 12.8. The molecular formula is C25H34N2O4S. The molecule has 0 bridgehead atoms. The van der Waals surface area contributed by atoms with Crippen LogP contribution in [0.4, 0.5) is 0 Å². The number of amides is 1. The standard InChI is InChI=1S/C25H34N2O4S/c1-5-23(22-10-11-24(31-4)19(3)16-22)26-25(28)21-12-14-27(15-13-21)32(29,30)17-20-8-6-18(2)7-9-20/h6-11,16,21,23H,5,12-15,17H2,1-4H3,(H,26,28). The molecule has 0 saturated carbocycles. The molecule has 0 radical (unpaired) electrons. The van der Waals surface area contributed by atoms with Crippen molar-refractivity contribution in [2.45, 2.75) is 51.8 Å². The monoisotopic (exact) mass is 458 g/mol. The van der Waals surface area contributed by atoms with E-state index in [-0.39, 0.29) is 23.6 Å². The predicted molar refractivity (Wildman–Crippen MR) is 127 cm³/mol. The van der Waals surface area contributed by atoms with Crippen molar-refractivity contribution in [2.75, 3.05) is 20.2 Å². The quantitative estimate of drug-likeness (QED) is 0.646. The molecule has 1 aliphatic rings. The summed E-state index contributed by atoms with van der Waals surface area (Å²) in [5, 5.41) is 3.17. The fourth-order valence-electron chi connectivity index (χ4n) is 4.21. The molecule has 1 aliphatic heterocycles. The lowest BCUT2D eigenvalue weighted by atomic mass is 9.95. The smallest absolute Gasteiger partial charge is 0.223 e. The first-order valence-electron chi connectivity index (χ1n) is 11.2. The minimum Gasteiger partial charge on any atom is -0.496 e. The zero-order valence-electron chi connectivity index (χ0n) is 19.4. The van der Waals surface area contributed by atoms with Crippen LogP contribution in [0.25, 0.3) is 0 Å². The van der Waals surface area contributed by atoms with Gasteiger partial charge in [-0.1, -0.05) is 48.9 Å². The lowest BCUT2D eigenvalue weighted by Crippen LogP contribution is -2.44. The Balaban J connectivity index is 1.57. The molecular weight excluding hydrogens is 424 g/mol. The Morgan fingerprint density at radius 3 is 2.34 bits per heavy atom. The van der Waals surface area contributed by atoms with Gasteiger partial charge in [0, 0.05) is 19.0 Å². The zero-order valence-corrected chi connectivity index (χ0v) is 20.2. The van der Waals surface area contributed by atoms with Crippen molar-refractivity contribution < 1.29 is 17.9 Å². The molecule has 0 aromatic heterocycles. The maximum absolute atomic E-state index is 12.9. The number of nitrogens with zero attached hydrogens (tertiary/aromatic N) is 1. The molecule has 0 spiro atoms. The zero-order chi connectivity index (χ0) is 23.3. The number of hydrogen-bond donors (Lipinski definition) is 1. The molecule has 2 aromatic rings. The van der Waals surface area contributed by atoms with Gasteiger partial charge in [0.05, 0.1) is 18.9 Å². The number of benzene rings is 2. The highest BCUT2D eigenvalue weighted by atomic mass is 32.2. The van der Waals surface area contributed by atoms with Gasteiger partial charge < -0.3 is 10.1 Å². The molecule has 6 nitrogen and oxygen atoms in total. The van der Waals surface area contributed by atoms with Crippen LogP contribution in [0.5, 0.6) is 5.75 Å². The number of carbonyl (C=O) groups excluding carboxylic acids is 1. The third-order valence-electron chi connectivity index (χ3n) is 6.23. The maximum Gasteiger partial charge on any atom is 0.223 e. The molecule has 1 amide bonds. The van der Waals surface area contributed by atoms with Gasteiger partial charge >= 0.3 is 0 Å². The summed E-state index contributed by atoms with van der Waals surface area (Å²) >= 11 is 0. The summed E-state index contributed by atoms with van der Waals surface area (Å²) in [7, 11) is -1.74. The molecule has 1 heterocycles. The second-order valence-electron chi connectivity index (χ2n) is 8.61. The van der Waals surface area contributed by atoms with Crippen LogP contribution in [-0.2, 0) is 20.6 Å². The van der Waals surface area contributed by atoms with E-state index in [1.807, 2.05) is 63.2 Å². The van der Waals surface area contributed by atoms with Gasteiger partial charge in [-0.2, -0.15) is 0 Å². The number of nitrogens with one attached hydrogen (secondary N) is 1. The van der Waals surface area contributed by atoms with Crippen LogP contribution in [0.3, 0.4) is 0 Å². The summed E-state index contributed by atoms with van der Waals surface area (Å²) in [5.41, 5.74) is 3.98. The SMILES string of the molecule is CCC(NC(=O)C1CCN(S(=O)(=O)Cc2ccc(C)cc2)CC1)c1ccc(OC)c(C)c1. The lowest BCUT2D eigenvalue weighted by Gasteiger charge is -2.31. The Kier molecular flexibility index (Phi) is 7.96. The highest BCUT2D eigenvalue weighted by Gasteiger charge is 2.32. The summed E-state index contributed by atoms with van der Waals surface area (Å²) in [6, 6.07) is 13.5. The molecule has 1 fully saturated rings. The van der Waals surface area contributed by atoms with E-state index < -0.39 is 10.0 Å². The molecule has 174 valence electrons. The van der Waals surface area contributed by atoms with Crippen molar-refractivity contribution in [3.05, 3.63) is 64.7 Å². The van der Waals surface area contributed by atoms with E-state index in [9.17, 15) is 13.2 Å². The van der Waals surface area contributed by atoms with Crippen LogP contribution in [0, 0.1) is 19.8 Å². The van der Waals surface area contributed by atoms with Crippen LogP contribution >= 0.6 is 0 Å². The molecule has 1 saturated heterocycles. The van der Waals surface area contributed by atoms with Crippen molar-refractivity contribution in [1.82, 2.24) is 9.62 Å². The summed E-state index contributed by atoms with van der Waals surface area (Å²) in [4.78, 5) is 12.9. The molecule has 7 heteroatoms. The molecule has 1 unspecified atom stereocenters. The van der Waals surface area contributed by atoms with Gasteiger partial charge in [0.1, 0.15) is 5.75 Å². The van der Waals surface area contributed by atoms with E-state index in [0.29, 0.717) is 25.9 Å². The highest BCUT2D eigenvalue weighted by Crippen LogP contribution is 2.26. The second-order valence-corrected chi connectivity index (χ2v) is 10.6. The topological polar surface area (TPSA) is 75.7 Å². The van der Waals surface area contributed by atoms with E-state index in [2.05, 4.69) is 5.32 Å². The van der Waals surface area contributed by atoms with Crippen molar-refractivity contribution in [3.8, 4) is 5.75 Å². The van der Waals surface area contributed by atoms with Gasteiger partial charge in [0.25, 0.3) is 0 Å². The van der Waals surface area contributed by atoms with E-state index in [4.69, 9.17) is 4.74 Å². The first-order chi connectivity index (χ1) is 15.2. The minimum atomic E-state index is -3.39. The number of methoxy groups -OCH3 is 1. The summed E-state index contributed by atoms with van der Waals surface area (Å²) in [6.07, 6.45) is 1.86. The number of rotatable bonds is 8. The molecule has 32 heavy (non-hydrogen) atoms. The Labute approximate surface area is 192 Å². The average molecular weight is 459 g/mol. The average Bonchev–Trinajstić information content (AvgIpc) is 2.78. The van der Waals surface area contributed by atoms with Gasteiger partial charge in [-0.3, -0.25) is 4.79 Å². The summed E-state index contributed by atoms with van der Waals surface area (Å²) in [5.74, 6) is 0.656. The number of hydrogen-bond acceptors (Lipinski definition) is 4. The fourth-order valence-corrected chi connectivity index (χ4v) is 5.77. The van der Waals surface area contributed by atoms with Crippen molar-refractivity contribution >= 4 is 15.9 Å². The van der Waals surface area contributed by atoms with Crippen LogP contribution in [0.1, 0.15) is 54.5 Å². The third kappa shape index (κ3) is 5.90. The molecule has 2 aromatic carbocycles. The molecule has 3 rings (SSSR count). The van der Waals surface area contributed by atoms with Gasteiger partial charge in [0.15, 0.2) is 0 Å². The third-order valence-corrected chi connectivity index (χ3v) is 8.08. The maximum atomic E-state index is 12.9. The number of ether oxygens (including phenoxy) is 1. The van der Waals surface area contributed by atoms with Gasteiger partial charge in [-0.25, -0.2) is 12.7 Å². The van der Waals surface area contributed by atoms with Crippen molar-refractivity contribution in [2.24, 2.45) is 5.92 Å². The Morgan fingerprint density at radius 2 is 1.78 bits per heavy atom. The summed E-state index contributed by atoms with van der Waals surface area (Å²) in [6.45, 7) is 6.77. The summed E-state index contributed by atoms with van der Waals surface area (Å²) < 4.78 is 32.5. The number of sulfonamides is 1. The van der Waals surface area contributed by atoms with E-state index in [1.165, 1.54) is 4.31 Å². The number of carbonyl (C=O) groups is 1. The van der Waals surface area contributed by atoms with Gasteiger partial charge in [-0.15, -0.1) is 0 Å². The first kappa shape index (κ1) is 24.3. The normalized spacial score (nSPS) is 16.5. The second kappa shape index (κ2) is 10.5. The number of aryl methyl sites for hydroxylation is 2. The van der Waals surface area contributed by atoms with Crippen LogP contribution in [0.15, 0.2) is 42.5 Å². The Bertz CT molecular complexity index is 1030. The van der Waals surface area contributed by atoms with Crippen molar-refractivity contribution in [1.29, 1.82) is 0 Å². The predicted octanol–water partition coefficient (Wildman–Crippen LogP) is 4.12. The lowest BCUT2D eigenvalue weighted by molar-refractivity contribution is -0.126. The largest absolute Gasteiger partial charge is 0.496 e. The fraction of sp³-hybridized carbons (Fsp3) is 0.480. The highest BCUT2D eigenvalue weighted by molar-refractivity contribution is 7.88. The van der Waals surface area contributed by atoms with Crippen LogP contribution in [-0.4, -0.2) is 38.8 Å². The molecule has 0 aliphatic carbocycles.